The van der Waals surface area contributed by atoms with Gasteiger partial charge in [0.1, 0.15) is 0 Å². The highest BCUT2D eigenvalue weighted by molar-refractivity contribution is 6.21. The fourth-order valence-corrected chi connectivity index (χ4v) is 2.93. The first kappa shape index (κ1) is 15.5. The van der Waals surface area contributed by atoms with E-state index in [1.807, 2.05) is 18.2 Å². The molecule has 1 aromatic carbocycles. The lowest BCUT2D eigenvalue weighted by atomic mass is 9.97. The number of carbonyl (C=O) groups excluding carboxylic acids is 2. The van der Waals surface area contributed by atoms with Crippen LogP contribution in [0, 0.1) is 5.92 Å². The minimum absolute atomic E-state index is 0.0163. The van der Waals surface area contributed by atoms with E-state index < -0.39 is 0 Å². The van der Waals surface area contributed by atoms with E-state index >= 15 is 0 Å². The molecule has 2 amide bonds. The number of benzene rings is 1. The van der Waals surface area contributed by atoms with Crippen LogP contribution < -0.4 is 0 Å². The van der Waals surface area contributed by atoms with Gasteiger partial charge in [-0.15, -0.1) is 6.58 Å². The monoisotopic (exact) mass is 285 g/mol. The van der Waals surface area contributed by atoms with Crippen LogP contribution in [0.5, 0.6) is 0 Å². The Morgan fingerprint density at radius 2 is 1.71 bits per heavy atom. The Labute approximate surface area is 126 Å². The van der Waals surface area contributed by atoms with E-state index in [2.05, 4.69) is 20.4 Å². The van der Waals surface area contributed by atoms with Crippen LogP contribution in [-0.2, 0) is 0 Å². The van der Waals surface area contributed by atoms with Crippen LogP contribution in [0.1, 0.15) is 60.2 Å². The van der Waals surface area contributed by atoms with Crippen molar-refractivity contribution in [2.24, 2.45) is 5.92 Å². The topological polar surface area (TPSA) is 37.4 Å². The predicted octanol–water partition coefficient (Wildman–Crippen LogP) is 4.05. The lowest BCUT2D eigenvalue weighted by Crippen LogP contribution is -2.40. The van der Waals surface area contributed by atoms with Gasteiger partial charge >= 0.3 is 0 Å². The Bertz CT molecular complexity index is 513. The van der Waals surface area contributed by atoms with E-state index in [0.29, 0.717) is 17.0 Å². The first-order valence-electron chi connectivity index (χ1n) is 7.64. The first-order valence-corrected chi connectivity index (χ1v) is 7.64. The van der Waals surface area contributed by atoms with Crippen molar-refractivity contribution >= 4 is 11.8 Å². The number of carbonyl (C=O) groups is 2. The summed E-state index contributed by atoms with van der Waals surface area (Å²) in [5.74, 6) is 0.169. The molecule has 0 radical (unpaired) electrons. The van der Waals surface area contributed by atoms with Crippen molar-refractivity contribution in [3.63, 3.8) is 0 Å². The Kier molecular flexibility index (Phi) is 4.94. The molecule has 0 N–H and O–H groups in total. The van der Waals surface area contributed by atoms with Crippen LogP contribution in [0.2, 0.25) is 0 Å². The molecule has 1 heterocycles. The maximum absolute atomic E-state index is 12.5. The third-order valence-electron chi connectivity index (χ3n) is 3.88. The quantitative estimate of drug-likeness (QED) is 0.430. The highest BCUT2D eigenvalue weighted by Crippen LogP contribution is 2.28. The number of imide groups is 1. The zero-order chi connectivity index (χ0) is 15.4. The molecular formula is C18H23NO2. The zero-order valence-corrected chi connectivity index (χ0v) is 12.8. The molecule has 112 valence electrons. The minimum atomic E-state index is -0.139. The van der Waals surface area contributed by atoms with Crippen molar-refractivity contribution in [2.75, 3.05) is 0 Å². The van der Waals surface area contributed by atoms with Gasteiger partial charge in [-0.1, -0.05) is 32.1 Å². The van der Waals surface area contributed by atoms with E-state index in [-0.39, 0.29) is 17.9 Å². The summed E-state index contributed by atoms with van der Waals surface area (Å²) in [6.45, 7) is 7.98. The molecule has 0 spiro atoms. The molecule has 0 aromatic heterocycles. The molecule has 1 aliphatic rings. The summed E-state index contributed by atoms with van der Waals surface area (Å²) < 4.78 is 0. The maximum atomic E-state index is 12.5. The molecule has 21 heavy (non-hydrogen) atoms. The molecule has 0 aliphatic carbocycles. The van der Waals surface area contributed by atoms with Gasteiger partial charge in [-0.3, -0.25) is 14.5 Å². The molecule has 2 rings (SSSR count). The van der Waals surface area contributed by atoms with E-state index in [0.717, 1.165) is 25.7 Å². The van der Waals surface area contributed by atoms with Crippen LogP contribution in [0.3, 0.4) is 0 Å². The maximum Gasteiger partial charge on any atom is 0.261 e. The van der Waals surface area contributed by atoms with Crippen LogP contribution in [0.4, 0.5) is 0 Å². The first-order chi connectivity index (χ1) is 10.1. The highest BCUT2D eigenvalue weighted by atomic mass is 16.2. The van der Waals surface area contributed by atoms with Crippen LogP contribution >= 0.6 is 0 Å². The summed E-state index contributed by atoms with van der Waals surface area (Å²) in [6.07, 6.45) is 5.44. The van der Waals surface area contributed by atoms with Crippen molar-refractivity contribution in [1.29, 1.82) is 0 Å². The summed E-state index contributed by atoms with van der Waals surface area (Å²) in [6, 6.07) is 7.08. The lowest BCUT2D eigenvalue weighted by Gasteiger charge is -2.27. The number of amides is 2. The second-order valence-electron chi connectivity index (χ2n) is 6.03. The Morgan fingerprint density at radius 1 is 1.14 bits per heavy atom. The molecular weight excluding hydrogens is 262 g/mol. The Balaban J connectivity index is 2.22. The highest BCUT2D eigenvalue weighted by Gasteiger charge is 2.39. The van der Waals surface area contributed by atoms with Gasteiger partial charge in [0, 0.05) is 6.04 Å². The predicted molar refractivity (Wildman–Crippen MR) is 84.2 cm³/mol. The van der Waals surface area contributed by atoms with Crippen molar-refractivity contribution in [2.45, 2.75) is 45.6 Å². The smallest absolute Gasteiger partial charge is 0.261 e. The summed E-state index contributed by atoms with van der Waals surface area (Å²) >= 11 is 0. The number of rotatable bonds is 7. The molecule has 0 saturated heterocycles. The largest absolute Gasteiger partial charge is 0.271 e. The Hall–Kier alpha value is -1.90. The molecule has 1 aliphatic heterocycles. The molecule has 1 aromatic rings. The van der Waals surface area contributed by atoms with Gasteiger partial charge < -0.3 is 0 Å². The van der Waals surface area contributed by atoms with Crippen LogP contribution in [-0.4, -0.2) is 22.8 Å². The van der Waals surface area contributed by atoms with Gasteiger partial charge in [0.25, 0.3) is 11.8 Å². The number of nitrogens with zero attached hydrogens (tertiary/aromatic N) is 1. The normalized spacial score (nSPS) is 15.5. The van der Waals surface area contributed by atoms with Gasteiger partial charge in [0.2, 0.25) is 0 Å². The number of hydrogen-bond donors (Lipinski definition) is 0. The minimum Gasteiger partial charge on any atom is -0.271 e. The van der Waals surface area contributed by atoms with E-state index in [4.69, 9.17) is 0 Å². The van der Waals surface area contributed by atoms with E-state index in [1.165, 1.54) is 4.90 Å². The third-order valence-corrected chi connectivity index (χ3v) is 3.88. The van der Waals surface area contributed by atoms with Gasteiger partial charge in [-0.05, 0) is 43.7 Å². The second-order valence-corrected chi connectivity index (χ2v) is 6.03. The summed E-state index contributed by atoms with van der Waals surface area (Å²) in [5.41, 5.74) is 1.08. The number of fused-ring (bicyclic) bond motifs is 1. The van der Waals surface area contributed by atoms with Crippen molar-refractivity contribution < 1.29 is 9.59 Å². The van der Waals surface area contributed by atoms with E-state index in [9.17, 15) is 9.59 Å². The molecule has 3 nitrogen and oxygen atoms in total. The number of hydrogen-bond acceptors (Lipinski definition) is 2. The number of unbranched alkanes of at least 4 members (excludes halogenated alkanes) is 1. The van der Waals surface area contributed by atoms with Crippen molar-refractivity contribution in [1.82, 2.24) is 4.90 Å². The molecule has 1 atom stereocenters. The second kappa shape index (κ2) is 6.70. The van der Waals surface area contributed by atoms with Crippen molar-refractivity contribution in [3.8, 4) is 0 Å². The fourth-order valence-electron chi connectivity index (χ4n) is 2.93. The SMILES string of the molecule is C=CCCCC(CC(C)C)N1C(=O)c2ccccc2C1=O. The summed E-state index contributed by atoms with van der Waals surface area (Å²) in [4.78, 5) is 26.6. The van der Waals surface area contributed by atoms with Gasteiger partial charge in [-0.25, -0.2) is 0 Å². The summed E-state index contributed by atoms with van der Waals surface area (Å²) in [5, 5.41) is 0. The molecule has 1 unspecified atom stereocenters. The van der Waals surface area contributed by atoms with Gasteiger partial charge in [0.05, 0.1) is 11.1 Å². The average molecular weight is 285 g/mol. The van der Waals surface area contributed by atoms with Gasteiger partial charge in [-0.2, -0.15) is 0 Å². The molecule has 0 fully saturated rings. The zero-order valence-electron chi connectivity index (χ0n) is 12.8. The van der Waals surface area contributed by atoms with Crippen LogP contribution in [0.25, 0.3) is 0 Å². The average Bonchev–Trinajstić information content (AvgIpc) is 2.70. The molecule has 0 bridgehead atoms. The third kappa shape index (κ3) is 3.23. The Morgan fingerprint density at radius 3 is 2.19 bits per heavy atom. The molecule has 0 saturated carbocycles. The lowest BCUT2D eigenvalue weighted by molar-refractivity contribution is 0.0555. The standard InChI is InChI=1S/C18H23NO2/c1-4-5-6-9-14(12-13(2)3)19-17(20)15-10-7-8-11-16(15)18(19)21/h4,7-8,10-11,13-14H,1,5-6,9,12H2,2-3H3. The molecule has 3 heteroatoms. The van der Waals surface area contributed by atoms with E-state index in [1.54, 1.807) is 12.1 Å². The van der Waals surface area contributed by atoms with Crippen molar-refractivity contribution in [3.05, 3.63) is 48.0 Å². The van der Waals surface area contributed by atoms with Gasteiger partial charge in [0.15, 0.2) is 0 Å². The summed E-state index contributed by atoms with van der Waals surface area (Å²) in [7, 11) is 0. The van der Waals surface area contributed by atoms with Crippen LogP contribution in [0.15, 0.2) is 36.9 Å². The number of allylic oxidation sites excluding steroid dienone is 1. The fraction of sp³-hybridized carbons (Fsp3) is 0.444.